The van der Waals surface area contributed by atoms with Gasteiger partial charge in [-0.3, -0.25) is 4.90 Å². The van der Waals surface area contributed by atoms with Crippen LogP contribution >= 0.6 is 11.8 Å². The fraction of sp³-hybridized carbons (Fsp3) is 0.429. The highest BCUT2D eigenvalue weighted by atomic mass is 32.2. The molecule has 136 valence electrons. The molecule has 2 aromatic rings. The molecule has 0 radical (unpaired) electrons. The Morgan fingerprint density at radius 3 is 2.27 bits per heavy atom. The molecule has 3 atom stereocenters. The first-order valence-electron chi connectivity index (χ1n) is 9.34. The van der Waals surface area contributed by atoms with E-state index in [1.165, 1.54) is 5.56 Å². The molecule has 0 unspecified atom stereocenters. The maximum Gasteiger partial charge on any atom is 0.125 e. The van der Waals surface area contributed by atoms with Gasteiger partial charge in [-0.25, -0.2) is 0 Å². The van der Waals surface area contributed by atoms with Crippen molar-refractivity contribution < 1.29 is 14.2 Å². The molecule has 0 aliphatic carbocycles. The number of ether oxygens (including phenoxy) is 3. The van der Waals surface area contributed by atoms with Crippen LogP contribution in [0.4, 0.5) is 0 Å². The highest BCUT2D eigenvalue weighted by Crippen LogP contribution is 2.52. The minimum absolute atomic E-state index is 0.0405. The Morgan fingerprint density at radius 2 is 1.50 bits per heavy atom. The first-order chi connectivity index (χ1) is 12.9. The Bertz CT molecular complexity index is 783. The van der Waals surface area contributed by atoms with E-state index < -0.39 is 0 Å². The number of fused-ring (bicyclic) bond motifs is 7. The number of rotatable bonds is 0. The van der Waals surface area contributed by atoms with E-state index in [-0.39, 0.29) is 18.4 Å². The number of nitrogens with zero attached hydrogens (tertiary/aromatic N) is 1. The van der Waals surface area contributed by atoms with Gasteiger partial charge in [0.15, 0.2) is 0 Å². The van der Waals surface area contributed by atoms with E-state index in [4.69, 9.17) is 14.2 Å². The molecule has 0 spiro atoms. The van der Waals surface area contributed by atoms with Gasteiger partial charge in [-0.15, -0.1) is 11.8 Å². The standard InChI is InChI=1S/C21H23NO3S/c1-3-9-17-15(7-1)20-21(25-19-13-26-14-22(19)20)16-8-2-4-10-18(16)24-12-6-5-11-23-17/h1-4,7-10,19-21H,5-6,11-14H2/t19-,20+,21-/m1/s1. The molecule has 3 aliphatic rings. The number of hydrogen-bond acceptors (Lipinski definition) is 5. The second-order valence-corrected chi connectivity index (χ2v) is 7.95. The predicted molar refractivity (Wildman–Crippen MR) is 103 cm³/mol. The zero-order valence-corrected chi connectivity index (χ0v) is 15.5. The van der Waals surface area contributed by atoms with Gasteiger partial charge in [0, 0.05) is 22.8 Å². The van der Waals surface area contributed by atoms with Gasteiger partial charge in [0.25, 0.3) is 0 Å². The third-order valence-corrected chi connectivity index (χ3v) is 6.34. The summed E-state index contributed by atoms with van der Waals surface area (Å²) < 4.78 is 18.8. The summed E-state index contributed by atoms with van der Waals surface area (Å²) in [6, 6.07) is 16.9. The third kappa shape index (κ3) is 2.88. The van der Waals surface area contributed by atoms with Crippen molar-refractivity contribution >= 4 is 11.8 Å². The molecule has 2 fully saturated rings. The van der Waals surface area contributed by atoms with Crippen molar-refractivity contribution in [3.05, 3.63) is 59.7 Å². The average molecular weight is 369 g/mol. The monoisotopic (exact) mass is 369 g/mol. The topological polar surface area (TPSA) is 30.9 Å². The molecule has 0 amide bonds. The van der Waals surface area contributed by atoms with Crippen molar-refractivity contribution in [1.82, 2.24) is 4.90 Å². The highest BCUT2D eigenvalue weighted by molar-refractivity contribution is 7.99. The average Bonchev–Trinajstić information content (AvgIpc) is 3.25. The van der Waals surface area contributed by atoms with Gasteiger partial charge in [-0.2, -0.15) is 0 Å². The lowest BCUT2D eigenvalue weighted by atomic mass is 9.94. The number of hydrogen-bond donors (Lipinski definition) is 0. The number of para-hydroxylation sites is 2. The van der Waals surface area contributed by atoms with E-state index in [1.54, 1.807) is 0 Å². The van der Waals surface area contributed by atoms with Crippen molar-refractivity contribution in [2.45, 2.75) is 31.2 Å². The van der Waals surface area contributed by atoms with Crippen LogP contribution in [0.2, 0.25) is 0 Å². The van der Waals surface area contributed by atoms with Crippen LogP contribution in [-0.4, -0.2) is 36.0 Å². The summed E-state index contributed by atoms with van der Waals surface area (Å²) in [7, 11) is 0. The zero-order chi connectivity index (χ0) is 17.3. The summed E-state index contributed by atoms with van der Waals surface area (Å²) in [6.45, 7) is 1.43. The van der Waals surface area contributed by atoms with E-state index in [0.29, 0.717) is 6.61 Å². The molecule has 0 bridgehead atoms. The van der Waals surface area contributed by atoms with Crippen LogP contribution in [0, 0.1) is 0 Å². The lowest BCUT2D eigenvalue weighted by Gasteiger charge is -2.28. The largest absolute Gasteiger partial charge is 0.493 e. The number of thioether (sulfide) groups is 1. The molecule has 4 nitrogen and oxygen atoms in total. The summed E-state index contributed by atoms with van der Waals surface area (Å²) >= 11 is 1.94. The molecular weight excluding hydrogens is 346 g/mol. The fourth-order valence-corrected chi connectivity index (χ4v) is 5.20. The summed E-state index contributed by atoms with van der Waals surface area (Å²) in [5.41, 5.74) is 2.37. The van der Waals surface area contributed by atoms with Crippen LogP contribution in [0.15, 0.2) is 48.5 Å². The summed E-state index contributed by atoms with van der Waals surface area (Å²) in [6.07, 6.45) is 2.09. The molecule has 3 aliphatic heterocycles. The molecule has 26 heavy (non-hydrogen) atoms. The summed E-state index contributed by atoms with van der Waals surface area (Å²) in [5, 5.41) is 0. The van der Waals surface area contributed by atoms with Crippen LogP contribution in [0.1, 0.15) is 36.1 Å². The van der Waals surface area contributed by atoms with Gasteiger partial charge in [-0.05, 0) is 25.0 Å². The second-order valence-electron chi connectivity index (χ2n) is 6.95. The van der Waals surface area contributed by atoms with Crippen LogP contribution < -0.4 is 9.47 Å². The second kappa shape index (κ2) is 7.14. The fourth-order valence-electron chi connectivity index (χ4n) is 4.09. The normalized spacial score (nSPS) is 28.4. The smallest absolute Gasteiger partial charge is 0.125 e. The van der Waals surface area contributed by atoms with Crippen molar-refractivity contribution in [2.24, 2.45) is 0 Å². The summed E-state index contributed by atoms with van der Waals surface area (Å²) in [5.74, 6) is 3.94. The summed E-state index contributed by atoms with van der Waals surface area (Å²) in [4.78, 5) is 2.47. The maximum absolute atomic E-state index is 6.55. The van der Waals surface area contributed by atoms with Gasteiger partial charge < -0.3 is 14.2 Å². The van der Waals surface area contributed by atoms with Crippen molar-refractivity contribution in [2.75, 3.05) is 24.8 Å². The maximum atomic E-state index is 6.55. The van der Waals surface area contributed by atoms with Gasteiger partial charge >= 0.3 is 0 Å². The predicted octanol–water partition coefficient (Wildman–Crippen LogP) is 4.38. The van der Waals surface area contributed by atoms with Crippen molar-refractivity contribution in [3.63, 3.8) is 0 Å². The van der Waals surface area contributed by atoms with Crippen molar-refractivity contribution in [3.8, 4) is 11.5 Å². The quantitative estimate of drug-likeness (QED) is 0.688. The van der Waals surface area contributed by atoms with Gasteiger partial charge in [0.2, 0.25) is 0 Å². The SMILES string of the molecule is c1ccc2c(c1)OCCCCOc1ccccc1[C@H]1[C@@H]2O[C@@H]2CSCN21. The minimum atomic E-state index is -0.0405. The molecule has 0 N–H and O–H groups in total. The third-order valence-electron chi connectivity index (χ3n) is 5.34. The van der Waals surface area contributed by atoms with E-state index in [9.17, 15) is 0 Å². The molecule has 5 heteroatoms. The molecule has 0 aromatic heterocycles. The van der Waals surface area contributed by atoms with Gasteiger partial charge in [0.1, 0.15) is 23.8 Å². The minimum Gasteiger partial charge on any atom is -0.493 e. The van der Waals surface area contributed by atoms with E-state index in [2.05, 4.69) is 47.4 Å². The van der Waals surface area contributed by atoms with Crippen LogP contribution in [0.25, 0.3) is 0 Å². The zero-order valence-electron chi connectivity index (χ0n) is 14.7. The van der Waals surface area contributed by atoms with Crippen LogP contribution in [-0.2, 0) is 4.74 Å². The van der Waals surface area contributed by atoms with Crippen LogP contribution in [0.5, 0.6) is 11.5 Å². The molecule has 3 heterocycles. The molecule has 2 aromatic carbocycles. The molecule has 2 saturated heterocycles. The van der Waals surface area contributed by atoms with Crippen molar-refractivity contribution in [1.29, 1.82) is 0 Å². The Balaban J connectivity index is 1.63. The number of benzene rings is 2. The molecule has 0 saturated carbocycles. The lowest BCUT2D eigenvalue weighted by Crippen LogP contribution is -2.28. The Morgan fingerprint density at radius 1 is 0.846 bits per heavy atom. The van der Waals surface area contributed by atoms with E-state index in [1.807, 2.05) is 17.8 Å². The van der Waals surface area contributed by atoms with E-state index in [0.717, 1.165) is 48.1 Å². The first-order valence-corrected chi connectivity index (χ1v) is 10.5. The highest BCUT2D eigenvalue weighted by Gasteiger charge is 2.48. The Kier molecular flexibility index (Phi) is 4.53. The Labute approximate surface area is 158 Å². The van der Waals surface area contributed by atoms with Gasteiger partial charge in [0.05, 0.1) is 19.3 Å². The molecular formula is C21H23NO3S. The first kappa shape index (κ1) is 16.5. The van der Waals surface area contributed by atoms with Crippen LogP contribution in [0.3, 0.4) is 0 Å². The lowest BCUT2D eigenvalue weighted by molar-refractivity contribution is 0.0263. The Hall–Kier alpha value is -1.69. The van der Waals surface area contributed by atoms with E-state index >= 15 is 0 Å². The van der Waals surface area contributed by atoms with Gasteiger partial charge in [-0.1, -0.05) is 36.4 Å². The molecule has 5 rings (SSSR count).